The van der Waals surface area contributed by atoms with Crippen molar-refractivity contribution in [2.75, 3.05) is 13.1 Å². The van der Waals surface area contributed by atoms with Gasteiger partial charge >= 0.3 is 5.97 Å². The molecule has 1 amide bonds. The molecule has 3 aromatic carbocycles. The summed E-state index contributed by atoms with van der Waals surface area (Å²) < 4.78 is 21.2. The van der Waals surface area contributed by atoms with Crippen LogP contribution in [0.25, 0.3) is 10.9 Å². The molecule has 0 N–H and O–H groups in total. The molecular formula is C28H22ClFN2O3. The van der Waals surface area contributed by atoms with E-state index in [4.69, 9.17) is 16.3 Å². The van der Waals surface area contributed by atoms with Crippen LogP contribution >= 0.6 is 11.6 Å². The number of rotatable bonds is 3. The van der Waals surface area contributed by atoms with Crippen molar-refractivity contribution in [3.63, 3.8) is 0 Å². The van der Waals surface area contributed by atoms with Crippen molar-refractivity contribution < 1.29 is 18.7 Å². The summed E-state index contributed by atoms with van der Waals surface area (Å²) in [6.45, 7) is 1.46. The van der Waals surface area contributed by atoms with E-state index in [0.717, 1.165) is 22.0 Å². The highest BCUT2D eigenvalue weighted by Crippen LogP contribution is 2.44. The van der Waals surface area contributed by atoms with Crippen LogP contribution in [-0.2, 0) is 16.9 Å². The van der Waals surface area contributed by atoms with Crippen molar-refractivity contribution >= 4 is 34.4 Å². The summed E-state index contributed by atoms with van der Waals surface area (Å²) in [6.07, 6.45) is 2.96. The zero-order chi connectivity index (χ0) is 24.2. The number of esters is 1. The Morgan fingerprint density at radius 3 is 2.54 bits per heavy atom. The lowest BCUT2D eigenvalue weighted by Crippen LogP contribution is -2.45. The van der Waals surface area contributed by atoms with E-state index in [1.807, 2.05) is 46.0 Å². The Bertz CT molecular complexity index is 1470. The zero-order valence-electron chi connectivity index (χ0n) is 18.8. The van der Waals surface area contributed by atoms with Gasteiger partial charge < -0.3 is 14.2 Å². The van der Waals surface area contributed by atoms with Gasteiger partial charge in [-0.05, 0) is 35.9 Å². The third kappa shape index (κ3) is 3.69. The first-order valence-corrected chi connectivity index (χ1v) is 12.0. The van der Waals surface area contributed by atoms with E-state index in [9.17, 15) is 14.0 Å². The molecule has 1 saturated heterocycles. The van der Waals surface area contributed by atoms with Crippen molar-refractivity contribution in [3.8, 4) is 0 Å². The molecule has 6 rings (SSSR count). The van der Waals surface area contributed by atoms with Crippen LogP contribution in [0, 0.1) is 5.82 Å². The Kier molecular flexibility index (Phi) is 5.15. The Labute approximate surface area is 206 Å². The second-order valence-electron chi connectivity index (χ2n) is 9.18. The lowest BCUT2D eigenvalue weighted by Gasteiger charge is -2.38. The number of hydrogen-bond acceptors (Lipinski definition) is 3. The number of amides is 1. The summed E-state index contributed by atoms with van der Waals surface area (Å²) in [5.74, 6) is -0.646. The standard InChI is InChI=1S/C28H22ClFN2O3/c29-19-7-10-21-23(17-32(25(21)15-19)16-18-5-8-20(30)9-6-18)26(33)31-13-11-28(12-14-31)24-4-2-1-3-22(24)27(34)35-28/h1-10,15,17H,11-14,16H2. The Morgan fingerprint density at radius 1 is 1.03 bits per heavy atom. The first kappa shape index (κ1) is 21.9. The summed E-state index contributed by atoms with van der Waals surface area (Å²) in [7, 11) is 0. The van der Waals surface area contributed by atoms with Gasteiger partial charge in [0, 0.05) is 54.6 Å². The van der Waals surface area contributed by atoms with Gasteiger partial charge in [0.2, 0.25) is 0 Å². The van der Waals surface area contributed by atoms with Crippen molar-refractivity contribution in [3.05, 3.63) is 106 Å². The zero-order valence-corrected chi connectivity index (χ0v) is 19.6. The number of halogens is 2. The van der Waals surface area contributed by atoms with Gasteiger partial charge in [-0.2, -0.15) is 0 Å². The monoisotopic (exact) mass is 488 g/mol. The number of fused-ring (bicyclic) bond motifs is 3. The molecule has 5 nitrogen and oxygen atoms in total. The number of carbonyl (C=O) groups is 2. The van der Waals surface area contributed by atoms with E-state index in [-0.39, 0.29) is 17.7 Å². The largest absolute Gasteiger partial charge is 0.450 e. The number of nitrogens with zero attached hydrogens (tertiary/aromatic N) is 2. The van der Waals surface area contributed by atoms with Crippen LogP contribution in [0.1, 0.15) is 44.7 Å². The minimum atomic E-state index is -0.658. The molecule has 2 aliphatic rings. The van der Waals surface area contributed by atoms with Gasteiger partial charge in [0.15, 0.2) is 0 Å². The van der Waals surface area contributed by atoms with Gasteiger partial charge in [-0.3, -0.25) is 4.79 Å². The average Bonchev–Trinajstić information content (AvgIpc) is 3.35. The minimum Gasteiger partial charge on any atom is -0.450 e. The molecule has 1 fully saturated rings. The van der Waals surface area contributed by atoms with E-state index in [1.165, 1.54) is 12.1 Å². The van der Waals surface area contributed by atoms with Gasteiger partial charge in [-0.15, -0.1) is 0 Å². The quantitative estimate of drug-likeness (QED) is 0.343. The van der Waals surface area contributed by atoms with Gasteiger partial charge in [-0.1, -0.05) is 48.0 Å². The third-order valence-electron chi connectivity index (χ3n) is 7.13. The number of ether oxygens (including phenoxy) is 1. The molecule has 0 radical (unpaired) electrons. The summed E-state index contributed by atoms with van der Waals surface area (Å²) in [4.78, 5) is 27.9. The lowest BCUT2D eigenvalue weighted by atomic mass is 9.83. The Hall–Kier alpha value is -3.64. The molecule has 0 bridgehead atoms. The van der Waals surface area contributed by atoms with Crippen molar-refractivity contribution in [1.29, 1.82) is 0 Å². The molecule has 176 valence electrons. The molecule has 4 aromatic rings. The van der Waals surface area contributed by atoms with E-state index >= 15 is 0 Å². The fourth-order valence-electron chi connectivity index (χ4n) is 5.31. The van der Waals surface area contributed by atoms with Gasteiger partial charge in [0.1, 0.15) is 11.4 Å². The van der Waals surface area contributed by atoms with Gasteiger partial charge in [-0.25, -0.2) is 9.18 Å². The fraction of sp³-hybridized carbons (Fsp3) is 0.214. The number of benzene rings is 3. The predicted octanol–water partition coefficient (Wildman–Crippen LogP) is 5.78. The van der Waals surface area contributed by atoms with Crippen LogP contribution in [0.4, 0.5) is 4.39 Å². The van der Waals surface area contributed by atoms with Crippen molar-refractivity contribution in [2.45, 2.75) is 25.0 Å². The van der Waals surface area contributed by atoms with Crippen LogP contribution in [0.5, 0.6) is 0 Å². The molecule has 2 aliphatic heterocycles. The van der Waals surface area contributed by atoms with Gasteiger partial charge in [0.25, 0.3) is 5.91 Å². The number of piperidine rings is 1. The maximum atomic E-state index is 13.6. The second kappa shape index (κ2) is 8.24. The summed E-state index contributed by atoms with van der Waals surface area (Å²) in [6, 6.07) is 19.3. The summed E-state index contributed by atoms with van der Waals surface area (Å²) >= 11 is 6.27. The average molecular weight is 489 g/mol. The number of aromatic nitrogens is 1. The van der Waals surface area contributed by atoms with Crippen molar-refractivity contribution in [1.82, 2.24) is 9.47 Å². The normalized spacial score (nSPS) is 16.5. The van der Waals surface area contributed by atoms with E-state index in [2.05, 4.69) is 0 Å². The molecule has 0 atom stereocenters. The molecule has 1 spiro atoms. The van der Waals surface area contributed by atoms with Crippen LogP contribution < -0.4 is 0 Å². The lowest BCUT2D eigenvalue weighted by molar-refractivity contribution is -0.0389. The molecule has 7 heteroatoms. The van der Waals surface area contributed by atoms with E-state index < -0.39 is 5.60 Å². The molecule has 35 heavy (non-hydrogen) atoms. The molecule has 3 heterocycles. The molecule has 0 aliphatic carbocycles. The first-order valence-electron chi connectivity index (χ1n) is 11.6. The smallest absolute Gasteiger partial charge is 0.339 e. The van der Waals surface area contributed by atoms with Gasteiger partial charge in [0.05, 0.1) is 16.6 Å². The Morgan fingerprint density at radius 2 is 1.77 bits per heavy atom. The summed E-state index contributed by atoms with van der Waals surface area (Å²) in [5.41, 5.74) is 3.24. The van der Waals surface area contributed by atoms with Crippen LogP contribution in [0.3, 0.4) is 0 Å². The third-order valence-corrected chi connectivity index (χ3v) is 7.36. The second-order valence-corrected chi connectivity index (χ2v) is 9.62. The number of hydrogen-bond donors (Lipinski definition) is 0. The predicted molar refractivity (Wildman–Crippen MR) is 131 cm³/mol. The number of likely N-dealkylation sites (tertiary alicyclic amines) is 1. The highest BCUT2D eigenvalue weighted by Gasteiger charge is 2.47. The van der Waals surface area contributed by atoms with Crippen molar-refractivity contribution in [2.24, 2.45) is 0 Å². The molecule has 1 aromatic heterocycles. The molecule has 0 unspecified atom stereocenters. The summed E-state index contributed by atoms with van der Waals surface area (Å²) in [5, 5.41) is 1.40. The highest BCUT2D eigenvalue weighted by atomic mass is 35.5. The molecular weight excluding hydrogens is 467 g/mol. The SMILES string of the molecule is O=C1OC2(CCN(C(=O)c3cn(Cc4ccc(F)cc4)c4cc(Cl)ccc34)CC2)c2ccccc21. The Balaban J connectivity index is 1.28. The van der Waals surface area contributed by atoms with Crippen LogP contribution in [-0.4, -0.2) is 34.4 Å². The number of carbonyl (C=O) groups excluding carboxylic acids is 2. The topological polar surface area (TPSA) is 51.5 Å². The molecule has 0 saturated carbocycles. The highest BCUT2D eigenvalue weighted by molar-refractivity contribution is 6.31. The van der Waals surface area contributed by atoms with E-state index in [0.29, 0.717) is 48.6 Å². The van der Waals surface area contributed by atoms with E-state index in [1.54, 1.807) is 24.3 Å². The van der Waals surface area contributed by atoms with Crippen LogP contribution in [0.2, 0.25) is 5.02 Å². The van der Waals surface area contributed by atoms with Crippen LogP contribution in [0.15, 0.2) is 72.9 Å². The minimum absolute atomic E-state index is 0.0670. The maximum Gasteiger partial charge on any atom is 0.339 e. The fourth-order valence-corrected chi connectivity index (χ4v) is 5.48. The maximum absolute atomic E-state index is 13.6. The first-order chi connectivity index (χ1) is 16.9.